The second-order valence-electron chi connectivity index (χ2n) is 9.89. The summed E-state index contributed by atoms with van der Waals surface area (Å²) < 4.78 is 33.8. The molecular weight excluding hydrogens is 556 g/mol. The number of ether oxygens (including phenoxy) is 6. The summed E-state index contributed by atoms with van der Waals surface area (Å²) in [6.07, 6.45) is -2.44. The maximum absolute atomic E-state index is 13.5. The molecule has 2 aliphatic heterocycles. The molecule has 0 amide bonds. The third kappa shape index (κ3) is 5.46. The molecule has 0 spiro atoms. The van der Waals surface area contributed by atoms with E-state index in [1.807, 2.05) is 0 Å². The molecule has 2 heterocycles. The normalized spacial score (nSPS) is 18.7. The summed E-state index contributed by atoms with van der Waals surface area (Å²) in [6, 6.07) is 7.16. The number of aromatic hydroxyl groups is 5. The van der Waals surface area contributed by atoms with E-state index in [2.05, 4.69) is 0 Å². The molecule has 42 heavy (non-hydrogen) atoms. The van der Waals surface area contributed by atoms with Crippen LogP contribution in [0.15, 0.2) is 36.4 Å². The summed E-state index contributed by atoms with van der Waals surface area (Å²) in [6.45, 7) is 4.12. The summed E-state index contributed by atoms with van der Waals surface area (Å²) in [7, 11) is 0. The Balaban J connectivity index is 1.51. The van der Waals surface area contributed by atoms with Gasteiger partial charge in [-0.3, -0.25) is 4.79 Å². The van der Waals surface area contributed by atoms with Crippen LogP contribution in [-0.4, -0.2) is 56.7 Å². The van der Waals surface area contributed by atoms with Crippen molar-refractivity contribution >= 4 is 11.9 Å². The third-order valence-corrected chi connectivity index (χ3v) is 6.52. The minimum absolute atomic E-state index is 0.0616. The van der Waals surface area contributed by atoms with E-state index in [0.29, 0.717) is 0 Å². The lowest BCUT2D eigenvalue weighted by atomic mass is 9.93. The molecule has 3 atom stereocenters. The molecular formula is C29H28O13. The van der Waals surface area contributed by atoms with Gasteiger partial charge in [-0.15, -0.1) is 0 Å². The molecule has 222 valence electrons. The zero-order chi connectivity index (χ0) is 30.3. The van der Waals surface area contributed by atoms with E-state index in [1.54, 1.807) is 20.8 Å². The van der Waals surface area contributed by atoms with Gasteiger partial charge in [0.05, 0.1) is 18.1 Å². The lowest BCUT2D eigenvalue weighted by molar-refractivity contribution is -0.174. The summed E-state index contributed by atoms with van der Waals surface area (Å²) in [5, 5.41) is 50.4. The Kier molecular flexibility index (Phi) is 7.52. The van der Waals surface area contributed by atoms with Crippen LogP contribution in [0, 0.1) is 5.92 Å². The van der Waals surface area contributed by atoms with Crippen LogP contribution in [0.5, 0.6) is 51.7 Å². The fourth-order valence-electron chi connectivity index (χ4n) is 4.46. The summed E-state index contributed by atoms with van der Waals surface area (Å²) in [5.41, 5.74) is 0.258. The molecule has 0 bridgehead atoms. The summed E-state index contributed by atoms with van der Waals surface area (Å²) in [4.78, 5) is 25.9. The van der Waals surface area contributed by atoms with Gasteiger partial charge in [0.25, 0.3) is 0 Å². The Morgan fingerprint density at radius 1 is 0.905 bits per heavy atom. The summed E-state index contributed by atoms with van der Waals surface area (Å²) in [5.74, 6) is -4.54. The lowest BCUT2D eigenvalue weighted by Crippen LogP contribution is -2.34. The first-order chi connectivity index (χ1) is 19.9. The van der Waals surface area contributed by atoms with Crippen molar-refractivity contribution in [3.05, 3.63) is 53.1 Å². The number of hydrogen-bond acceptors (Lipinski definition) is 13. The Morgan fingerprint density at radius 2 is 1.62 bits per heavy atom. The van der Waals surface area contributed by atoms with Gasteiger partial charge in [0.2, 0.25) is 5.75 Å². The van der Waals surface area contributed by atoms with Crippen LogP contribution < -0.4 is 18.9 Å². The predicted octanol–water partition coefficient (Wildman–Crippen LogP) is 3.77. The molecule has 5 rings (SSSR count). The van der Waals surface area contributed by atoms with Crippen LogP contribution in [0.25, 0.3) is 0 Å². The Labute approximate surface area is 239 Å². The number of carbonyl (C=O) groups excluding carboxylic acids is 2. The van der Waals surface area contributed by atoms with Crippen LogP contribution >= 0.6 is 0 Å². The molecule has 0 radical (unpaired) electrons. The zero-order valence-corrected chi connectivity index (χ0v) is 22.7. The first kappa shape index (κ1) is 28.5. The van der Waals surface area contributed by atoms with E-state index in [-0.39, 0.29) is 64.2 Å². The van der Waals surface area contributed by atoms with Gasteiger partial charge in [-0.2, -0.15) is 0 Å². The molecule has 0 aliphatic carbocycles. The number of fused-ring (bicyclic) bond motifs is 2. The highest BCUT2D eigenvalue weighted by molar-refractivity contribution is 5.92. The third-order valence-electron chi connectivity index (χ3n) is 6.52. The first-order valence-corrected chi connectivity index (χ1v) is 13.0. The number of hydrogen-bond donors (Lipinski definition) is 5. The number of phenolic OH excluding ortho intramolecular Hbond substituents is 5. The van der Waals surface area contributed by atoms with Gasteiger partial charge in [0.1, 0.15) is 23.4 Å². The monoisotopic (exact) mass is 584 g/mol. The highest BCUT2D eigenvalue weighted by atomic mass is 16.9. The smallest absolute Gasteiger partial charge is 0.361 e. The minimum atomic E-state index is -1.17. The van der Waals surface area contributed by atoms with Crippen molar-refractivity contribution < 1.29 is 63.5 Å². The number of benzene rings is 3. The van der Waals surface area contributed by atoms with Gasteiger partial charge in [0.15, 0.2) is 34.9 Å². The topological polar surface area (TPSA) is 191 Å². The van der Waals surface area contributed by atoms with E-state index in [0.717, 1.165) is 18.2 Å². The van der Waals surface area contributed by atoms with Crippen molar-refractivity contribution in [1.82, 2.24) is 0 Å². The second-order valence-corrected chi connectivity index (χ2v) is 9.89. The van der Waals surface area contributed by atoms with E-state index in [9.17, 15) is 35.1 Å². The minimum Gasteiger partial charge on any atom is -0.508 e. The quantitative estimate of drug-likeness (QED) is 0.153. The number of phenols is 5. The molecule has 1 unspecified atom stereocenters. The van der Waals surface area contributed by atoms with Crippen LogP contribution in [0.4, 0.5) is 0 Å². The average Bonchev–Trinajstić information content (AvgIpc) is 3.34. The number of esters is 2. The van der Waals surface area contributed by atoms with Crippen LogP contribution in [0.3, 0.4) is 0 Å². The van der Waals surface area contributed by atoms with Crippen molar-refractivity contribution in [3.8, 4) is 51.7 Å². The van der Waals surface area contributed by atoms with Crippen molar-refractivity contribution in [1.29, 1.82) is 0 Å². The Morgan fingerprint density at radius 3 is 2.29 bits per heavy atom. The van der Waals surface area contributed by atoms with Crippen molar-refractivity contribution in [2.45, 2.75) is 45.9 Å². The maximum Gasteiger partial charge on any atom is 0.361 e. The second kappa shape index (κ2) is 11.1. The van der Waals surface area contributed by atoms with Gasteiger partial charge >= 0.3 is 18.4 Å². The fraction of sp³-hybridized carbons (Fsp3) is 0.310. The van der Waals surface area contributed by atoms with Crippen molar-refractivity contribution in [2.24, 2.45) is 5.92 Å². The fourth-order valence-corrected chi connectivity index (χ4v) is 4.46. The molecule has 2 aliphatic rings. The molecule has 13 nitrogen and oxygen atoms in total. The standard InChI is InChI=1S/C29H28O13/c1-4-37-29-41-22-8-14(7-21(26(22)42-29)39-27(35)12(2)3)28(36)40-23-11-16-17(31)9-15(30)10-20(16)38-25(23)13-5-18(32)24(34)19(33)6-13/h5-10,12,23,25,29-34H,4,11H2,1-3H3/t23-,25-,29?/m1/s1. The van der Waals surface area contributed by atoms with Crippen molar-refractivity contribution in [2.75, 3.05) is 6.61 Å². The lowest BCUT2D eigenvalue weighted by Gasteiger charge is -2.34. The van der Waals surface area contributed by atoms with Crippen LogP contribution in [0.1, 0.15) is 48.4 Å². The highest BCUT2D eigenvalue weighted by Gasteiger charge is 2.38. The predicted molar refractivity (Wildman–Crippen MR) is 141 cm³/mol. The summed E-state index contributed by atoms with van der Waals surface area (Å²) >= 11 is 0. The largest absolute Gasteiger partial charge is 0.508 e. The first-order valence-electron chi connectivity index (χ1n) is 13.0. The van der Waals surface area contributed by atoms with E-state index in [4.69, 9.17) is 28.4 Å². The molecule has 5 N–H and O–H groups in total. The van der Waals surface area contributed by atoms with Crippen LogP contribution in [0.2, 0.25) is 0 Å². The average molecular weight is 585 g/mol. The number of carbonyl (C=O) groups is 2. The molecule has 0 saturated heterocycles. The SMILES string of the molecule is CCOC1Oc2cc(C(=O)O[C@@H]3Cc4c(O)cc(O)cc4O[C@@H]3c3cc(O)c(O)c(O)c3)cc(OC(=O)C(C)C)c2O1. The Bertz CT molecular complexity index is 1520. The molecule has 0 aromatic heterocycles. The van der Waals surface area contributed by atoms with Crippen molar-refractivity contribution in [3.63, 3.8) is 0 Å². The highest BCUT2D eigenvalue weighted by Crippen LogP contribution is 2.47. The van der Waals surface area contributed by atoms with E-state index < -0.39 is 53.8 Å². The maximum atomic E-state index is 13.5. The van der Waals surface area contributed by atoms with E-state index >= 15 is 0 Å². The molecule has 3 aromatic rings. The zero-order valence-electron chi connectivity index (χ0n) is 22.7. The molecule has 13 heteroatoms. The molecule has 3 aromatic carbocycles. The van der Waals surface area contributed by atoms with E-state index in [1.165, 1.54) is 18.2 Å². The van der Waals surface area contributed by atoms with Gasteiger partial charge in [-0.25, -0.2) is 4.79 Å². The molecule has 0 fully saturated rings. The number of rotatable bonds is 7. The molecule has 0 saturated carbocycles. The van der Waals surface area contributed by atoms with Gasteiger partial charge in [0, 0.05) is 29.7 Å². The van der Waals surface area contributed by atoms with Gasteiger partial charge in [-0.1, -0.05) is 13.8 Å². The Hall–Kier alpha value is -5.04. The van der Waals surface area contributed by atoms with Gasteiger partial charge in [-0.05, 0) is 31.2 Å². The van der Waals surface area contributed by atoms with Crippen LogP contribution in [-0.2, 0) is 20.7 Å². The van der Waals surface area contributed by atoms with Gasteiger partial charge < -0.3 is 54.0 Å².